The molecular formula is C12H24Cl2N2O8S. The first kappa shape index (κ1) is 26.7. The summed E-state index contributed by atoms with van der Waals surface area (Å²) in [4.78, 5) is 20.9. The number of β-amino-alcohol motifs (C(OH)–C–C–N with tert-alkyl or cyclic N) is 2. The number of aliphatic hydroxyl groups excluding tert-OH is 3. The van der Waals surface area contributed by atoms with E-state index < -0.39 is 33.4 Å². The number of ether oxygens (including phenoxy) is 1. The molecular weight excluding hydrogens is 403 g/mol. The van der Waals surface area contributed by atoms with Crippen LogP contribution in [0.4, 0.5) is 0 Å². The SMILES string of the molecule is CO.COC(=O)[C@H]1C[C@@H](O)CN1.O=C(O)[C@H]1C[C@@H](O)CN1.O=S(Cl)Cl. The van der Waals surface area contributed by atoms with Gasteiger partial charge in [0.15, 0.2) is 0 Å². The Balaban J connectivity index is 0. The number of carbonyl (C=O) groups excluding carboxylic acids is 1. The second-order valence-electron chi connectivity index (χ2n) is 4.75. The fourth-order valence-electron chi connectivity index (χ4n) is 1.94. The minimum Gasteiger partial charge on any atom is -0.480 e. The van der Waals surface area contributed by atoms with E-state index in [1.807, 2.05) is 0 Å². The van der Waals surface area contributed by atoms with Crippen LogP contribution in [0.5, 0.6) is 0 Å². The molecule has 4 atom stereocenters. The number of hydrogen-bond acceptors (Lipinski definition) is 9. The van der Waals surface area contributed by atoms with Crippen LogP contribution in [-0.2, 0) is 23.6 Å². The van der Waals surface area contributed by atoms with Crippen molar-refractivity contribution in [3.8, 4) is 0 Å². The molecule has 2 heterocycles. The Labute approximate surface area is 156 Å². The van der Waals surface area contributed by atoms with E-state index in [-0.39, 0.29) is 12.0 Å². The number of aliphatic carboxylic acids is 1. The van der Waals surface area contributed by atoms with Crippen molar-refractivity contribution in [2.45, 2.75) is 37.1 Å². The lowest BCUT2D eigenvalue weighted by Gasteiger charge is -2.05. The lowest BCUT2D eigenvalue weighted by molar-refractivity contribution is -0.143. The van der Waals surface area contributed by atoms with Crippen molar-refractivity contribution >= 4 is 42.5 Å². The molecule has 2 aliphatic rings. The second kappa shape index (κ2) is 15.7. The van der Waals surface area contributed by atoms with E-state index in [0.29, 0.717) is 25.9 Å². The Morgan fingerprint density at radius 3 is 1.60 bits per heavy atom. The minimum atomic E-state index is -1.67. The standard InChI is InChI=1S/C6H11NO3.C5H9NO3.CH4O.Cl2OS/c1-10-6(9)5-2-4(8)3-7-5;7-3-1-4(5(8)9)6-2-3;1-2;1-4(2)3/h4-5,7-8H,2-3H2,1H3;3-4,6-7H,1-2H2,(H,8,9);2H,1H3;/t4-,5-;3-,4-;;/m11../s1. The summed E-state index contributed by atoms with van der Waals surface area (Å²) in [5.41, 5.74) is 0. The summed E-state index contributed by atoms with van der Waals surface area (Å²) in [6, 6.07) is -0.847. The first-order chi connectivity index (χ1) is 11.7. The van der Waals surface area contributed by atoms with Crippen molar-refractivity contribution in [1.82, 2.24) is 10.6 Å². The first-order valence-electron chi connectivity index (χ1n) is 6.99. The van der Waals surface area contributed by atoms with Crippen LogP contribution in [0.2, 0.25) is 0 Å². The molecule has 2 fully saturated rings. The predicted molar refractivity (Wildman–Crippen MR) is 92.5 cm³/mol. The molecule has 0 saturated carbocycles. The smallest absolute Gasteiger partial charge is 0.322 e. The van der Waals surface area contributed by atoms with Crippen LogP contribution in [0.1, 0.15) is 12.8 Å². The van der Waals surface area contributed by atoms with Crippen LogP contribution >= 0.6 is 21.4 Å². The molecule has 13 heteroatoms. The number of carboxylic acid groups (broad SMARTS) is 1. The van der Waals surface area contributed by atoms with Crippen LogP contribution in [-0.4, -0.2) is 88.2 Å². The van der Waals surface area contributed by atoms with Crippen LogP contribution in [0.3, 0.4) is 0 Å². The van der Waals surface area contributed by atoms with E-state index in [2.05, 4.69) is 36.7 Å². The molecule has 0 spiro atoms. The summed E-state index contributed by atoms with van der Waals surface area (Å²) in [5.74, 6) is -1.18. The van der Waals surface area contributed by atoms with Gasteiger partial charge in [0.1, 0.15) is 12.1 Å². The Morgan fingerprint density at radius 1 is 1.04 bits per heavy atom. The van der Waals surface area contributed by atoms with Crippen molar-refractivity contribution in [2.24, 2.45) is 0 Å². The molecule has 25 heavy (non-hydrogen) atoms. The van der Waals surface area contributed by atoms with Crippen LogP contribution in [0.25, 0.3) is 0 Å². The van der Waals surface area contributed by atoms with Gasteiger partial charge in [-0.05, 0) is 0 Å². The summed E-state index contributed by atoms with van der Waals surface area (Å²) < 4.78 is 13.6. The van der Waals surface area contributed by atoms with Crippen LogP contribution < -0.4 is 10.6 Å². The Hall–Kier alpha value is -0.530. The molecule has 2 saturated heterocycles. The molecule has 2 rings (SSSR count). The second-order valence-corrected chi connectivity index (χ2v) is 7.27. The van der Waals surface area contributed by atoms with E-state index in [1.165, 1.54) is 7.11 Å². The van der Waals surface area contributed by atoms with Crippen LogP contribution in [0, 0.1) is 0 Å². The van der Waals surface area contributed by atoms with Gasteiger partial charge in [-0.3, -0.25) is 9.59 Å². The lowest BCUT2D eigenvalue weighted by Crippen LogP contribution is -2.31. The van der Waals surface area contributed by atoms with Gasteiger partial charge in [0.25, 0.3) is 0 Å². The molecule has 0 amide bonds. The van der Waals surface area contributed by atoms with Gasteiger partial charge in [0.05, 0.1) is 19.3 Å². The Bertz CT molecular complexity index is 415. The van der Waals surface area contributed by atoms with Crippen molar-refractivity contribution in [2.75, 3.05) is 27.3 Å². The maximum absolute atomic E-state index is 10.8. The highest BCUT2D eigenvalue weighted by atomic mass is 36.0. The maximum Gasteiger partial charge on any atom is 0.322 e. The number of carbonyl (C=O) groups is 2. The van der Waals surface area contributed by atoms with Gasteiger partial charge < -0.3 is 35.8 Å². The van der Waals surface area contributed by atoms with Crippen LogP contribution in [0.15, 0.2) is 0 Å². The largest absolute Gasteiger partial charge is 0.480 e. The summed E-state index contributed by atoms with van der Waals surface area (Å²) >= 11 is 0. The predicted octanol–water partition coefficient (Wildman–Crippen LogP) is -1.67. The highest BCUT2D eigenvalue weighted by molar-refractivity contribution is 8.26. The third-order valence-electron chi connectivity index (χ3n) is 3.00. The monoisotopic (exact) mass is 426 g/mol. The molecule has 0 aromatic heterocycles. The van der Waals surface area contributed by atoms with Crippen molar-refractivity contribution in [1.29, 1.82) is 0 Å². The van der Waals surface area contributed by atoms with Gasteiger partial charge in [-0.2, -0.15) is 0 Å². The van der Waals surface area contributed by atoms with E-state index in [0.717, 1.165) is 7.11 Å². The third-order valence-corrected chi connectivity index (χ3v) is 3.00. The number of carboxylic acids is 1. The highest BCUT2D eigenvalue weighted by Crippen LogP contribution is 2.06. The molecule has 10 nitrogen and oxygen atoms in total. The van der Waals surface area contributed by atoms with Gasteiger partial charge in [-0.15, -0.1) is 0 Å². The zero-order valence-corrected chi connectivity index (χ0v) is 16.1. The van der Waals surface area contributed by atoms with Gasteiger partial charge in [0.2, 0.25) is 9.23 Å². The summed E-state index contributed by atoms with van der Waals surface area (Å²) in [6.07, 6.45) is -0.0858. The van der Waals surface area contributed by atoms with Crippen molar-refractivity contribution in [3.63, 3.8) is 0 Å². The quantitative estimate of drug-likeness (QED) is 0.222. The van der Waals surface area contributed by atoms with Gasteiger partial charge >= 0.3 is 11.9 Å². The van der Waals surface area contributed by atoms with E-state index in [9.17, 15) is 9.59 Å². The molecule has 0 radical (unpaired) electrons. The number of hydrogen-bond donors (Lipinski definition) is 6. The molecule has 150 valence electrons. The average molecular weight is 427 g/mol. The summed E-state index contributed by atoms with van der Waals surface area (Å²) in [6.45, 7) is 0.886. The molecule has 6 N–H and O–H groups in total. The molecule has 0 aliphatic carbocycles. The Morgan fingerprint density at radius 2 is 1.40 bits per heavy atom. The zero-order chi connectivity index (χ0) is 20.0. The topological polar surface area (TPSA) is 165 Å². The summed E-state index contributed by atoms with van der Waals surface area (Å²) in [7, 11) is 9.70. The number of aliphatic hydroxyl groups is 3. The van der Waals surface area contributed by atoms with E-state index in [1.54, 1.807) is 0 Å². The van der Waals surface area contributed by atoms with Gasteiger partial charge in [-0.1, -0.05) is 0 Å². The molecule has 0 bridgehead atoms. The summed E-state index contributed by atoms with van der Waals surface area (Å²) in [5, 5.41) is 38.6. The zero-order valence-electron chi connectivity index (χ0n) is 13.7. The fraction of sp³-hybridized carbons (Fsp3) is 0.833. The normalized spacial score (nSPS) is 27.0. The number of esters is 1. The number of halogens is 2. The van der Waals surface area contributed by atoms with Gasteiger partial charge in [0, 0.05) is 54.4 Å². The minimum absolute atomic E-state index is 0.295. The number of rotatable bonds is 2. The first-order valence-corrected chi connectivity index (χ1v) is 9.80. The highest BCUT2D eigenvalue weighted by Gasteiger charge is 2.28. The molecule has 0 aromatic rings. The number of nitrogens with one attached hydrogen (secondary N) is 2. The molecule has 0 aromatic carbocycles. The van der Waals surface area contributed by atoms with Crippen molar-refractivity contribution in [3.05, 3.63) is 0 Å². The fourth-order valence-corrected chi connectivity index (χ4v) is 1.94. The lowest BCUT2D eigenvalue weighted by atomic mass is 10.2. The maximum atomic E-state index is 10.8. The van der Waals surface area contributed by atoms with Gasteiger partial charge in [-0.25, -0.2) is 4.21 Å². The van der Waals surface area contributed by atoms with Crippen molar-refractivity contribution < 1.29 is 39.0 Å². The number of methoxy groups -OCH3 is 1. The third kappa shape index (κ3) is 14.3. The van der Waals surface area contributed by atoms with E-state index in [4.69, 9.17) is 24.6 Å². The van der Waals surface area contributed by atoms with E-state index >= 15 is 0 Å². The average Bonchev–Trinajstić information content (AvgIpc) is 3.17. The Kier molecular flexibility index (Phi) is 16.8. The molecule has 0 unspecified atom stereocenters. The molecule has 2 aliphatic heterocycles.